The van der Waals surface area contributed by atoms with Crippen LogP contribution < -0.4 is 4.90 Å². The number of carbonyl (C=O) groups is 2. The summed E-state index contributed by atoms with van der Waals surface area (Å²) in [5.41, 5.74) is 2.97. The van der Waals surface area contributed by atoms with Crippen LogP contribution in [0.5, 0.6) is 0 Å². The third-order valence-electron chi connectivity index (χ3n) is 5.67. The van der Waals surface area contributed by atoms with Gasteiger partial charge in [-0.25, -0.2) is 4.39 Å². The number of Topliss-reactive ketones (excluding diaryl/α,β-unsaturated/α-hetero) is 1. The Kier molecular flexibility index (Phi) is 6.62. The summed E-state index contributed by atoms with van der Waals surface area (Å²) in [5.74, 6) is -1.84. The van der Waals surface area contributed by atoms with Crippen LogP contribution in [0.4, 0.5) is 9.52 Å². The molecule has 10 heteroatoms. The van der Waals surface area contributed by atoms with E-state index >= 15 is 0 Å². The molecule has 5 rings (SSSR count). The number of aliphatic hydroxyl groups is 1. The first-order chi connectivity index (χ1) is 17.4. The second-order valence-corrected chi connectivity index (χ2v) is 10.3. The lowest BCUT2D eigenvalue weighted by Crippen LogP contribution is -2.29. The van der Waals surface area contributed by atoms with Gasteiger partial charge in [0.2, 0.25) is 5.13 Å². The highest BCUT2D eigenvalue weighted by molar-refractivity contribution is 8.00. The van der Waals surface area contributed by atoms with Gasteiger partial charge in [0.05, 0.1) is 11.6 Å². The molecule has 1 atom stereocenters. The fourth-order valence-electron chi connectivity index (χ4n) is 3.84. The molecule has 2 aromatic heterocycles. The van der Waals surface area contributed by atoms with Gasteiger partial charge < -0.3 is 5.11 Å². The first kappa shape index (κ1) is 23.8. The number of carbonyl (C=O) groups excluding carboxylic acids is 2. The van der Waals surface area contributed by atoms with Crippen molar-refractivity contribution in [3.05, 3.63) is 107 Å². The van der Waals surface area contributed by atoms with Gasteiger partial charge in [0.1, 0.15) is 11.6 Å². The van der Waals surface area contributed by atoms with Crippen LogP contribution in [0.15, 0.2) is 83.0 Å². The zero-order chi connectivity index (χ0) is 25.2. The Labute approximate surface area is 214 Å². The maximum Gasteiger partial charge on any atom is 0.301 e. The summed E-state index contributed by atoms with van der Waals surface area (Å²) in [7, 11) is 0. The van der Waals surface area contributed by atoms with E-state index in [1.54, 1.807) is 0 Å². The van der Waals surface area contributed by atoms with E-state index in [-0.39, 0.29) is 16.5 Å². The van der Waals surface area contributed by atoms with Gasteiger partial charge >= 0.3 is 5.91 Å². The molecular formula is C26H19FN4O3S2. The fourth-order valence-corrected chi connectivity index (χ4v) is 5.67. The molecule has 1 saturated heterocycles. The average molecular weight is 519 g/mol. The topological polar surface area (TPSA) is 96.3 Å². The highest BCUT2D eigenvalue weighted by Crippen LogP contribution is 2.44. The smallest absolute Gasteiger partial charge is 0.301 e. The quantitative estimate of drug-likeness (QED) is 0.122. The van der Waals surface area contributed by atoms with Crippen LogP contribution in [-0.4, -0.2) is 32.0 Å². The zero-order valence-corrected chi connectivity index (χ0v) is 20.6. The van der Waals surface area contributed by atoms with Gasteiger partial charge in [-0.3, -0.25) is 19.5 Å². The van der Waals surface area contributed by atoms with Crippen molar-refractivity contribution in [1.82, 2.24) is 15.2 Å². The van der Waals surface area contributed by atoms with Gasteiger partial charge in [-0.05, 0) is 42.3 Å². The van der Waals surface area contributed by atoms with Crippen molar-refractivity contribution in [2.45, 2.75) is 23.1 Å². The van der Waals surface area contributed by atoms with E-state index in [0.717, 1.165) is 5.56 Å². The minimum atomic E-state index is -0.998. The van der Waals surface area contributed by atoms with Crippen molar-refractivity contribution in [3.63, 3.8) is 0 Å². The molecule has 4 aromatic rings. The third-order valence-corrected chi connectivity index (χ3v) is 7.80. The molecule has 0 bridgehead atoms. The predicted molar refractivity (Wildman–Crippen MR) is 136 cm³/mol. The number of anilines is 1. The van der Waals surface area contributed by atoms with Gasteiger partial charge in [0.25, 0.3) is 5.78 Å². The number of ketones is 1. The number of amides is 1. The van der Waals surface area contributed by atoms with Crippen LogP contribution in [0.3, 0.4) is 0 Å². The Morgan fingerprint density at radius 3 is 2.42 bits per heavy atom. The van der Waals surface area contributed by atoms with Crippen molar-refractivity contribution in [1.29, 1.82) is 0 Å². The molecule has 1 unspecified atom stereocenters. The van der Waals surface area contributed by atoms with E-state index in [1.165, 1.54) is 82.4 Å². The van der Waals surface area contributed by atoms with Gasteiger partial charge in [-0.15, -0.1) is 10.2 Å². The van der Waals surface area contributed by atoms with E-state index in [4.69, 9.17) is 0 Å². The van der Waals surface area contributed by atoms with Gasteiger partial charge in [-0.1, -0.05) is 65.1 Å². The molecule has 1 fully saturated rings. The second kappa shape index (κ2) is 10.00. The number of aryl methyl sites for hydroxylation is 1. The molecule has 0 saturated carbocycles. The average Bonchev–Trinajstić information content (AvgIpc) is 3.46. The number of benzene rings is 2. The van der Waals surface area contributed by atoms with Crippen LogP contribution in [0.2, 0.25) is 0 Å². The number of aliphatic hydroxyl groups excluding tert-OH is 1. The highest BCUT2D eigenvalue weighted by atomic mass is 32.2. The minimum absolute atomic E-state index is 0.109. The predicted octanol–water partition coefficient (Wildman–Crippen LogP) is 5.30. The lowest BCUT2D eigenvalue weighted by molar-refractivity contribution is -0.132. The van der Waals surface area contributed by atoms with E-state index in [0.29, 0.717) is 21.2 Å². The summed E-state index contributed by atoms with van der Waals surface area (Å²) in [6, 6.07) is 15.7. The Bertz CT molecular complexity index is 1450. The maximum absolute atomic E-state index is 13.7. The number of halogens is 1. The van der Waals surface area contributed by atoms with Crippen LogP contribution in [0.25, 0.3) is 5.76 Å². The monoisotopic (exact) mass is 518 g/mol. The van der Waals surface area contributed by atoms with Gasteiger partial charge in [0.15, 0.2) is 4.34 Å². The van der Waals surface area contributed by atoms with E-state index in [9.17, 15) is 19.1 Å². The van der Waals surface area contributed by atoms with E-state index < -0.39 is 23.5 Å². The summed E-state index contributed by atoms with van der Waals surface area (Å²) < 4.78 is 14.3. The van der Waals surface area contributed by atoms with Crippen molar-refractivity contribution in [3.8, 4) is 0 Å². The zero-order valence-electron chi connectivity index (χ0n) is 19.0. The van der Waals surface area contributed by atoms with Gasteiger partial charge in [0, 0.05) is 23.7 Å². The number of aromatic nitrogens is 3. The van der Waals surface area contributed by atoms with Crippen LogP contribution in [-0.2, 0) is 15.3 Å². The number of thioether (sulfide) groups is 1. The van der Waals surface area contributed by atoms with E-state index in [1.807, 2.05) is 31.2 Å². The van der Waals surface area contributed by atoms with Gasteiger partial charge in [-0.2, -0.15) is 0 Å². The summed E-state index contributed by atoms with van der Waals surface area (Å²) >= 11 is 2.64. The van der Waals surface area contributed by atoms with Crippen molar-refractivity contribution in [2.24, 2.45) is 0 Å². The maximum atomic E-state index is 13.7. The molecule has 3 heterocycles. The number of pyridine rings is 1. The fraction of sp³-hybridized carbons (Fsp3) is 0.115. The molecule has 1 N–H and O–H groups in total. The van der Waals surface area contributed by atoms with Crippen LogP contribution >= 0.6 is 23.1 Å². The Hall–Kier alpha value is -3.89. The minimum Gasteiger partial charge on any atom is -0.507 e. The van der Waals surface area contributed by atoms with Crippen LogP contribution in [0.1, 0.15) is 28.3 Å². The second-order valence-electron chi connectivity index (χ2n) is 8.08. The SMILES string of the molecule is Cc1ccc(CSc2nnc(N3C(=O)C(=O)/C(=C(/O)c4ccncc4)C3c3ccc(F)cc3)s2)cc1. The number of rotatable bonds is 6. The largest absolute Gasteiger partial charge is 0.507 e. The first-order valence-electron chi connectivity index (χ1n) is 10.9. The molecule has 180 valence electrons. The Morgan fingerprint density at radius 1 is 1.03 bits per heavy atom. The molecule has 1 amide bonds. The number of nitrogens with zero attached hydrogens (tertiary/aromatic N) is 4. The standard InChI is InChI=1S/C26H19FN4O3S2/c1-15-2-4-16(5-3-15)14-35-26-30-29-25(36-26)31-21(17-6-8-19(27)9-7-17)20(23(33)24(31)34)22(32)18-10-12-28-13-11-18/h2-13,21,32H,14H2,1H3/b22-20+. The molecular weight excluding hydrogens is 499 g/mol. The highest BCUT2D eigenvalue weighted by Gasteiger charge is 2.48. The summed E-state index contributed by atoms with van der Waals surface area (Å²) in [5, 5.41) is 19.6. The lowest BCUT2D eigenvalue weighted by atomic mass is 9.95. The molecule has 36 heavy (non-hydrogen) atoms. The molecule has 1 aliphatic rings. The molecule has 0 radical (unpaired) electrons. The Balaban J connectivity index is 1.52. The van der Waals surface area contributed by atoms with Crippen molar-refractivity contribution in [2.75, 3.05) is 4.90 Å². The molecule has 1 aliphatic heterocycles. The van der Waals surface area contributed by atoms with E-state index in [2.05, 4.69) is 15.2 Å². The van der Waals surface area contributed by atoms with Crippen LogP contribution in [0, 0.1) is 12.7 Å². The van der Waals surface area contributed by atoms with Crippen molar-refractivity contribution < 1.29 is 19.1 Å². The first-order valence-corrected chi connectivity index (χ1v) is 12.7. The molecule has 2 aromatic carbocycles. The number of hydrogen-bond acceptors (Lipinski definition) is 8. The molecule has 0 aliphatic carbocycles. The van der Waals surface area contributed by atoms with Crippen molar-refractivity contribution >= 4 is 45.7 Å². The third kappa shape index (κ3) is 4.65. The number of hydrogen-bond donors (Lipinski definition) is 1. The summed E-state index contributed by atoms with van der Waals surface area (Å²) in [6.45, 7) is 2.02. The Morgan fingerprint density at radius 2 is 1.72 bits per heavy atom. The molecule has 0 spiro atoms. The summed E-state index contributed by atoms with van der Waals surface area (Å²) in [6.07, 6.45) is 2.95. The normalized spacial score (nSPS) is 17.1. The summed E-state index contributed by atoms with van der Waals surface area (Å²) in [4.78, 5) is 31.5. The lowest BCUT2D eigenvalue weighted by Gasteiger charge is -2.22. The molecule has 7 nitrogen and oxygen atoms in total.